The highest BCUT2D eigenvalue weighted by Crippen LogP contribution is 2.29. The number of carbonyl (C=O) groups excluding carboxylic acids is 1. The standard InChI is InChI=1S/C12H23N3O4S/c1-14(2)20(17,18)9-3-6-15-7-4-12(5-8-15)10-13-11(16)19-12/h3-10H2,1-2H3,(H,13,16). The lowest BCUT2D eigenvalue weighted by Crippen LogP contribution is -2.47. The maximum Gasteiger partial charge on any atom is 0.407 e. The number of likely N-dealkylation sites (tertiary alicyclic amines) is 1. The van der Waals surface area contributed by atoms with E-state index < -0.39 is 10.0 Å². The Balaban J connectivity index is 1.71. The number of amides is 1. The minimum atomic E-state index is -3.10. The molecule has 1 N–H and O–H groups in total. The van der Waals surface area contributed by atoms with Crippen LogP contribution in [0.3, 0.4) is 0 Å². The molecule has 0 aromatic carbocycles. The van der Waals surface area contributed by atoms with E-state index in [1.165, 1.54) is 4.31 Å². The molecule has 0 unspecified atom stereocenters. The summed E-state index contributed by atoms with van der Waals surface area (Å²) in [4.78, 5) is 13.4. The summed E-state index contributed by atoms with van der Waals surface area (Å²) in [6.07, 6.45) is 1.93. The summed E-state index contributed by atoms with van der Waals surface area (Å²) in [5.74, 6) is 0.179. The summed E-state index contributed by atoms with van der Waals surface area (Å²) in [6.45, 7) is 3.05. The van der Waals surface area contributed by atoms with E-state index in [0.717, 1.165) is 32.5 Å². The van der Waals surface area contributed by atoms with Gasteiger partial charge in [0.1, 0.15) is 5.60 Å². The summed E-state index contributed by atoms with van der Waals surface area (Å²) in [5.41, 5.74) is -0.330. The maximum atomic E-state index is 11.7. The monoisotopic (exact) mass is 305 g/mol. The van der Waals surface area contributed by atoms with E-state index in [1.807, 2.05) is 0 Å². The van der Waals surface area contributed by atoms with Gasteiger partial charge in [-0.1, -0.05) is 0 Å². The minimum Gasteiger partial charge on any atom is -0.441 e. The van der Waals surface area contributed by atoms with Gasteiger partial charge in [-0.2, -0.15) is 0 Å². The molecule has 2 heterocycles. The number of piperidine rings is 1. The fraction of sp³-hybridized carbons (Fsp3) is 0.917. The predicted octanol–water partition coefficient (Wildman–Crippen LogP) is -0.158. The van der Waals surface area contributed by atoms with Crippen molar-refractivity contribution in [2.75, 3.05) is 46.0 Å². The van der Waals surface area contributed by atoms with Crippen molar-refractivity contribution >= 4 is 16.1 Å². The predicted molar refractivity (Wildman–Crippen MR) is 75.0 cm³/mol. The van der Waals surface area contributed by atoms with Crippen LogP contribution in [0.5, 0.6) is 0 Å². The van der Waals surface area contributed by atoms with E-state index in [0.29, 0.717) is 13.0 Å². The quantitative estimate of drug-likeness (QED) is 0.764. The van der Waals surface area contributed by atoms with Gasteiger partial charge in [-0.05, 0) is 13.0 Å². The molecule has 0 bridgehead atoms. The van der Waals surface area contributed by atoms with Crippen LogP contribution < -0.4 is 5.32 Å². The third-order valence-corrected chi connectivity index (χ3v) is 5.98. The zero-order chi connectivity index (χ0) is 14.8. The largest absolute Gasteiger partial charge is 0.441 e. The van der Waals surface area contributed by atoms with Crippen LogP contribution in [-0.2, 0) is 14.8 Å². The number of nitrogens with one attached hydrogen (secondary N) is 1. The smallest absolute Gasteiger partial charge is 0.407 e. The number of carbonyl (C=O) groups is 1. The van der Waals surface area contributed by atoms with E-state index in [2.05, 4.69) is 10.2 Å². The van der Waals surface area contributed by atoms with E-state index in [4.69, 9.17) is 4.74 Å². The number of nitrogens with zero attached hydrogens (tertiary/aromatic N) is 2. The fourth-order valence-electron chi connectivity index (χ4n) is 2.62. The molecule has 2 fully saturated rings. The molecule has 2 saturated heterocycles. The normalized spacial score (nSPS) is 23.1. The Morgan fingerprint density at radius 3 is 2.50 bits per heavy atom. The first-order valence-corrected chi connectivity index (χ1v) is 8.53. The molecule has 0 aromatic heterocycles. The van der Waals surface area contributed by atoms with Crippen LogP contribution in [-0.4, -0.2) is 75.3 Å². The van der Waals surface area contributed by atoms with Gasteiger partial charge in [0.2, 0.25) is 10.0 Å². The molecular formula is C12H23N3O4S. The highest BCUT2D eigenvalue weighted by Gasteiger charge is 2.42. The highest BCUT2D eigenvalue weighted by molar-refractivity contribution is 7.89. The van der Waals surface area contributed by atoms with Crippen molar-refractivity contribution in [3.63, 3.8) is 0 Å². The van der Waals surface area contributed by atoms with Gasteiger partial charge in [0.25, 0.3) is 0 Å². The summed E-state index contributed by atoms with van der Waals surface area (Å²) in [7, 11) is 0.0128. The van der Waals surface area contributed by atoms with Gasteiger partial charge < -0.3 is 15.0 Å². The Kier molecular flexibility index (Phi) is 4.55. The lowest BCUT2D eigenvalue weighted by molar-refractivity contribution is 0.00103. The lowest BCUT2D eigenvalue weighted by Gasteiger charge is -2.37. The topological polar surface area (TPSA) is 79.0 Å². The highest BCUT2D eigenvalue weighted by atomic mass is 32.2. The van der Waals surface area contributed by atoms with Crippen LogP contribution in [0.1, 0.15) is 19.3 Å². The average molecular weight is 305 g/mol. The van der Waals surface area contributed by atoms with Gasteiger partial charge >= 0.3 is 6.09 Å². The summed E-state index contributed by atoms with van der Waals surface area (Å²) in [5, 5.41) is 2.71. The molecule has 0 radical (unpaired) electrons. The fourth-order valence-corrected chi connectivity index (χ4v) is 3.48. The second-order valence-electron chi connectivity index (χ2n) is 5.72. The van der Waals surface area contributed by atoms with E-state index in [-0.39, 0.29) is 17.4 Å². The molecule has 0 aliphatic carbocycles. The van der Waals surface area contributed by atoms with Crippen LogP contribution in [0.4, 0.5) is 4.79 Å². The minimum absolute atomic E-state index is 0.179. The second-order valence-corrected chi connectivity index (χ2v) is 8.02. The Bertz CT molecular complexity index is 455. The van der Waals surface area contributed by atoms with Gasteiger partial charge in [0.15, 0.2) is 0 Å². The average Bonchev–Trinajstić information content (AvgIpc) is 2.73. The molecule has 0 saturated carbocycles. The van der Waals surface area contributed by atoms with Gasteiger partial charge in [0, 0.05) is 40.0 Å². The number of hydrogen-bond acceptors (Lipinski definition) is 5. The Labute approximate surface area is 120 Å². The SMILES string of the molecule is CN(C)S(=O)(=O)CCCN1CCC2(CC1)CNC(=O)O2. The zero-order valence-electron chi connectivity index (χ0n) is 12.1. The van der Waals surface area contributed by atoms with E-state index in [9.17, 15) is 13.2 Å². The molecule has 1 amide bonds. The molecular weight excluding hydrogens is 282 g/mol. The molecule has 20 heavy (non-hydrogen) atoms. The number of rotatable bonds is 5. The second kappa shape index (κ2) is 5.87. The maximum absolute atomic E-state index is 11.7. The van der Waals surface area contributed by atoms with Gasteiger partial charge in [-0.15, -0.1) is 0 Å². The Morgan fingerprint density at radius 1 is 1.35 bits per heavy atom. The Hall–Kier alpha value is -0.860. The van der Waals surface area contributed by atoms with Crippen molar-refractivity contribution in [2.45, 2.75) is 24.9 Å². The van der Waals surface area contributed by atoms with Crippen LogP contribution >= 0.6 is 0 Å². The summed E-state index contributed by atoms with van der Waals surface area (Å²) in [6, 6.07) is 0. The number of alkyl carbamates (subject to hydrolysis) is 1. The molecule has 1 spiro atoms. The van der Waals surface area contributed by atoms with E-state index in [1.54, 1.807) is 14.1 Å². The van der Waals surface area contributed by atoms with Gasteiger partial charge in [-0.3, -0.25) is 0 Å². The van der Waals surface area contributed by atoms with Crippen LogP contribution in [0.2, 0.25) is 0 Å². The van der Waals surface area contributed by atoms with Crippen LogP contribution in [0, 0.1) is 0 Å². The van der Waals surface area contributed by atoms with Gasteiger partial charge in [0.05, 0.1) is 12.3 Å². The van der Waals surface area contributed by atoms with Gasteiger partial charge in [-0.25, -0.2) is 17.5 Å². The van der Waals surface area contributed by atoms with Crippen molar-refractivity contribution < 1.29 is 17.9 Å². The molecule has 116 valence electrons. The number of sulfonamides is 1. The summed E-state index contributed by atoms with van der Waals surface area (Å²) >= 11 is 0. The molecule has 7 nitrogen and oxygen atoms in total. The molecule has 2 aliphatic heterocycles. The van der Waals surface area contributed by atoms with E-state index >= 15 is 0 Å². The van der Waals surface area contributed by atoms with Crippen LogP contribution in [0.15, 0.2) is 0 Å². The van der Waals surface area contributed by atoms with Crippen molar-refractivity contribution in [1.29, 1.82) is 0 Å². The van der Waals surface area contributed by atoms with Crippen LogP contribution in [0.25, 0.3) is 0 Å². The third-order valence-electron chi connectivity index (χ3n) is 4.06. The number of hydrogen-bond donors (Lipinski definition) is 1. The Morgan fingerprint density at radius 2 is 2.00 bits per heavy atom. The lowest BCUT2D eigenvalue weighted by atomic mass is 9.91. The first-order chi connectivity index (χ1) is 9.33. The summed E-state index contributed by atoms with van der Waals surface area (Å²) < 4.78 is 29.9. The van der Waals surface area contributed by atoms with Crippen molar-refractivity contribution in [1.82, 2.24) is 14.5 Å². The molecule has 2 rings (SSSR count). The zero-order valence-corrected chi connectivity index (χ0v) is 12.9. The van der Waals surface area contributed by atoms with Crippen molar-refractivity contribution in [3.05, 3.63) is 0 Å². The van der Waals surface area contributed by atoms with Crippen molar-refractivity contribution in [3.8, 4) is 0 Å². The molecule has 0 aromatic rings. The molecule has 8 heteroatoms. The van der Waals surface area contributed by atoms with Crippen molar-refractivity contribution in [2.24, 2.45) is 0 Å². The third kappa shape index (κ3) is 3.62. The first-order valence-electron chi connectivity index (χ1n) is 6.92. The molecule has 2 aliphatic rings. The number of ether oxygens (including phenoxy) is 1. The first kappa shape index (κ1) is 15.5. The molecule has 0 atom stereocenters.